The third kappa shape index (κ3) is 7.50. The molecule has 0 aliphatic heterocycles. The molecule has 1 rings (SSSR count). The van der Waals surface area contributed by atoms with Crippen LogP contribution in [0.3, 0.4) is 0 Å². The average Bonchev–Trinajstić information content (AvgIpc) is 2.63. The zero-order valence-electron chi connectivity index (χ0n) is 17.2. The molecular formula is C21H31N3O4. The smallest absolute Gasteiger partial charge is 0.243 e. The summed E-state index contributed by atoms with van der Waals surface area (Å²) >= 11 is 0. The fraction of sp³-hybridized carbons (Fsp3) is 0.524. The summed E-state index contributed by atoms with van der Waals surface area (Å²) < 4.78 is 0. The largest absolute Gasteiger partial charge is 0.344 e. The molecule has 0 aromatic heterocycles. The topological polar surface area (TPSA) is 104 Å². The fourth-order valence-electron chi connectivity index (χ4n) is 2.81. The van der Waals surface area contributed by atoms with Crippen molar-refractivity contribution in [1.29, 1.82) is 0 Å². The predicted octanol–water partition coefficient (Wildman–Crippen LogP) is 1.21. The van der Waals surface area contributed by atoms with Crippen LogP contribution in [0, 0.1) is 11.8 Å². The first kappa shape index (κ1) is 23.3. The molecule has 28 heavy (non-hydrogen) atoms. The van der Waals surface area contributed by atoms with Gasteiger partial charge in [-0.2, -0.15) is 0 Å². The molecule has 0 spiro atoms. The van der Waals surface area contributed by atoms with Crippen LogP contribution in [0.15, 0.2) is 30.3 Å². The van der Waals surface area contributed by atoms with Crippen molar-refractivity contribution in [1.82, 2.24) is 16.0 Å². The number of nitrogens with one attached hydrogen (secondary N) is 3. The van der Waals surface area contributed by atoms with Crippen molar-refractivity contribution in [3.8, 4) is 0 Å². The molecule has 7 nitrogen and oxygen atoms in total. The lowest BCUT2D eigenvalue weighted by molar-refractivity contribution is -0.134. The molecule has 1 aromatic rings. The van der Waals surface area contributed by atoms with Crippen LogP contribution in [0.25, 0.3) is 0 Å². The Morgan fingerprint density at radius 1 is 0.857 bits per heavy atom. The lowest BCUT2D eigenvalue weighted by Crippen LogP contribution is -2.57. The highest BCUT2D eigenvalue weighted by atomic mass is 16.2. The van der Waals surface area contributed by atoms with Gasteiger partial charge in [0.2, 0.25) is 17.7 Å². The molecule has 154 valence electrons. The maximum Gasteiger partial charge on any atom is 0.243 e. The van der Waals surface area contributed by atoms with Gasteiger partial charge in [0.25, 0.3) is 0 Å². The van der Waals surface area contributed by atoms with E-state index in [9.17, 15) is 19.2 Å². The standard InChI is InChI=1S/C21H31N3O4/c1-13(2)18(22-15(5)26)21(28)24-19(14(3)4)20(27)23-17(12-25)11-16-9-7-6-8-10-16/h6-10,12-14,17-19H,11H2,1-5H3,(H,22,26)(H,23,27)(H,24,28)/t17-,18-,19-/m0/s1. The van der Waals surface area contributed by atoms with Gasteiger partial charge in [0.15, 0.2) is 0 Å². The van der Waals surface area contributed by atoms with Crippen LogP contribution in [0.2, 0.25) is 0 Å². The highest BCUT2D eigenvalue weighted by molar-refractivity contribution is 5.92. The maximum absolute atomic E-state index is 12.7. The first-order chi connectivity index (χ1) is 13.1. The molecule has 3 amide bonds. The predicted molar refractivity (Wildman–Crippen MR) is 107 cm³/mol. The highest BCUT2D eigenvalue weighted by Gasteiger charge is 2.30. The molecular weight excluding hydrogens is 358 g/mol. The summed E-state index contributed by atoms with van der Waals surface area (Å²) in [4.78, 5) is 48.1. The summed E-state index contributed by atoms with van der Waals surface area (Å²) in [5, 5.41) is 8.02. The van der Waals surface area contributed by atoms with E-state index in [0.717, 1.165) is 5.56 Å². The van der Waals surface area contributed by atoms with Gasteiger partial charge in [-0.1, -0.05) is 58.0 Å². The van der Waals surface area contributed by atoms with Gasteiger partial charge in [0.1, 0.15) is 18.4 Å². The second-order valence-corrected chi connectivity index (χ2v) is 7.59. The maximum atomic E-state index is 12.7. The Bertz CT molecular complexity index is 673. The number of aldehydes is 1. The van der Waals surface area contributed by atoms with Gasteiger partial charge in [0, 0.05) is 6.92 Å². The molecule has 0 bridgehead atoms. The minimum absolute atomic E-state index is 0.138. The number of hydrogen-bond acceptors (Lipinski definition) is 4. The van der Waals surface area contributed by atoms with E-state index >= 15 is 0 Å². The molecule has 1 aromatic carbocycles. The van der Waals surface area contributed by atoms with Crippen LogP contribution in [0.4, 0.5) is 0 Å². The molecule has 3 N–H and O–H groups in total. The Kier molecular flexibility index (Phi) is 9.35. The van der Waals surface area contributed by atoms with Gasteiger partial charge in [-0.3, -0.25) is 14.4 Å². The Morgan fingerprint density at radius 2 is 1.36 bits per heavy atom. The Balaban J connectivity index is 2.82. The number of carbonyl (C=O) groups excluding carboxylic acids is 4. The van der Waals surface area contributed by atoms with Crippen molar-refractivity contribution in [2.75, 3.05) is 0 Å². The third-order valence-electron chi connectivity index (χ3n) is 4.35. The number of rotatable bonds is 10. The van der Waals surface area contributed by atoms with Gasteiger partial charge in [0.05, 0.1) is 6.04 Å². The molecule has 0 fully saturated rings. The van der Waals surface area contributed by atoms with Crippen LogP contribution >= 0.6 is 0 Å². The highest BCUT2D eigenvalue weighted by Crippen LogP contribution is 2.08. The van der Waals surface area contributed by atoms with Gasteiger partial charge in [-0.15, -0.1) is 0 Å². The van der Waals surface area contributed by atoms with Crippen LogP contribution in [0.1, 0.15) is 40.2 Å². The van der Waals surface area contributed by atoms with Crippen molar-refractivity contribution in [2.24, 2.45) is 11.8 Å². The Morgan fingerprint density at radius 3 is 1.82 bits per heavy atom. The minimum Gasteiger partial charge on any atom is -0.344 e. The van der Waals surface area contributed by atoms with Crippen LogP contribution in [0.5, 0.6) is 0 Å². The van der Waals surface area contributed by atoms with Gasteiger partial charge < -0.3 is 20.7 Å². The molecule has 0 heterocycles. The first-order valence-electron chi connectivity index (χ1n) is 9.52. The Labute approximate surface area is 166 Å². The van der Waals surface area contributed by atoms with Gasteiger partial charge in [-0.05, 0) is 23.8 Å². The molecule has 0 aliphatic carbocycles. The zero-order valence-corrected chi connectivity index (χ0v) is 17.2. The van der Waals surface area contributed by atoms with E-state index < -0.39 is 29.9 Å². The second-order valence-electron chi connectivity index (χ2n) is 7.59. The monoisotopic (exact) mass is 389 g/mol. The average molecular weight is 389 g/mol. The molecule has 3 atom stereocenters. The quantitative estimate of drug-likeness (QED) is 0.523. The molecule has 0 unspecified atom stereocenters. The summed E-state index contributed by atoms with van der Waals surface area (Å²) in [5.74, 6) is -1.51. The van der Waals surface area contributed by atoms with E-state index in [0.29, 0.717) is 12.7 Å². The molecule has 0 aliphatic rings. The van der Waals surface area contributed by atoms with Crippen molar-refractivity contribution in [3.63, 3.8) is 0 Å². The van der Waals surface area contributed by atoms with Gasteiger partial charge >= 0.3 is 0 Å². The van der Waals surface area contributed by atoms with E-state index in [2.05, 4.69) is 16.0 Å². The van der Waals surface area contributed by atoms with E-state index in [1.807, 2.05) is 44.2 Å². The van der Waals surface area contributed by atoms with E-state index in [1.54, 1.807) is 13.8 Å². The summed E-state index contributed by atoms with van der Waals surface area (Å²) in [7, 11) is 0. The van der Waals surface area contributed by atoms with Gasteiger partial charge in [-0.25, -0.2) is 0 Å². The fourth-order valence-corrected chi connectivity index (χ4v) is 2.81. The van der Waals surface area contributed by atoms with Crippen LogP contribution < -0.4 is 16.0 Å². The summed E-state index contributed by atoms with van der Waals surface area (Å²) in [6.07, 6.45) is 1.06. The van der Waals surface area contributed by atoms with Crippen molar-refractivity contribution >= 4 is 24.0 Å². The van der Waals surface area contributed by atoms with E-state index in [4.69, 9.17) is 0 Å². The Hall–Kier alpha value is -2.70. The summed E-state index contributed by atoms with van der Waals surface area (Å²) in [6.45, 7) is 8.58. The first-order valence-corrected chi connectivity index (χ1v) is 9.52. The lowest BCUT2D eigenvalue weighted by Gasteiger charge is -2.27. The number of benzene rings is 1. The zero-order chi connectivity index (χ0) is 21.3. The number of carbonyl (C=O) groups is 4. The van der Waals surface area contributed by atoms with Crippen molar-refractivity contribution in [2.45, 2.75) is 59.2 Å². The van der Waals surface area contributed by atoms with E-state index in [-0.39, 0.29) is 17.7 Å². The molecule has 7 heteroatoms. The summed E-state index contributed by atoms with van der Waals surface area (Å²) in [6, 6.07) is 7.12. The van der Waals surface area contributed by atoms with Crippen molar-refractivity contribution in [3.05, 3.63) is 35.9 Å². The second kappa shape index (κ2) is 11.2. The van der Waals surface area contributed by atoms with Crippen molar-refractivity contribution < 1.29 is 19.2 Å². The molecule has 0 saturated carbocycles. The normalized spacial score (nSPS) is 14.1. The lowest BCUT2D eigenvalue weighted by atomic mass is 9.99. The number of amides is 3. The van der Waals surface area contributed by atoms with Crippen LogP contribution in [-0.2, 0) is 25.6 Å². The summed E-state index contributed by atoms with van der Waals surface area (Å²) in [5.41, 5.74) is 0.926. The SMILES string of the molecule is CC(=O)N[C@H](C(=O)N[C@H](C(=O)N[C@H](C=O)Cc1ccccc1)C(C)C)C(C)C. The minimum atomic E-state index is -0.819. The van der Waals surface area contributed by atoms with Crippen LogP contribution in [-0.4, -0.2) is 42.1 Å². The van der Waals surface area contributed by atoms with E-state index in [1.165, 1.54) is 6.92 Å². The number of hydrogen-bond donors (Lipinski definition) is 3. The molecule has 0 saturated heterocycles. The third-order valence-corrected chi connectivity index (χ3v) is 4.35. The molecule has 0 radical (unpaired) electrons.